The lowest BCUT2D eigenvalue weighted by Crippen LogP contribution is -2.06. The van der Waals surface area contributed by atoms with Crippen LogP contribution in [-0.4, -0.2) is 14.5 Å². The lowest BCUT2D eigenvalue weighted by Gasteiger charge is -2.07. The minimum Gasteiger partial charge on any atom is -0.369 e. The fourth-order valence-corrected chi connectivity index (χ4v) is 2.31. The van der Waals surface area contributed by atoms with E-state index in [9.17, 15) is 4.39 Å². The van der Waals surface area contributed by atoms with Gasteiger partial charge in [-0.1, -0.05) is 17.7 Å². The minimum atomic E-state index is -0.488. The molecule has 3 aromatic rings. The molecule has 20 heavy (non-hydrogen) atoms. The Hall–Kier alpha value is -2.14. The molecular weight excluding hydrogens is 279 g/mol. The van der Waals surface area contributed by atoms with E-state index >= 15 is 0 Å². The van der Waals surface area contributed by atoms with Crippen LogP contribution < -0.4 is 5.73 Å². The summed E-state index contributed by atoms with van der Waals surface area (Å²) in [6, 6.07) is 8.55. The zero-order chi connectivity index (χ0) is 14.3. The Morgan fingerprint density at radius 2 is 2.10 bits per heavy atom. The van der Waals surface area contributed by atoms with Gasteiger partial charge < -0.3 is 10.3 Å². The molecule has 0 spiro atoms. The maximum Gasteiger partial charge on any atom is 0.201 e. The molecule has 0 atom stereocenters. The van der Waals surface area contributed by atoms with Crippen molar-refractivity contribution in [1.82, 2.24) is 14.5 Å². The molecule has 0 aliphatic carbocycles. The molecule has 3 rings (SSSR count). The topological polar surface area (TPSA) is 56.7 Å². The van der Waals surface area contributed by atoms with Crippen molar-refractivity contribution in [3.63, 3.8) is 0 Å². The maximum atomic E-state index is 13.6. The molecule has 0 saturated carbocycles. The van der Waals surface area contributed by atoms with Gasteiger partial charge in [-0.05, 0) is 25.1 Å². The third-order valence-electron chi connectivity index (χ3n) is 3.09. The number of halogens is 2. The third kappa shape index (κ3) is 2.20. The number of hydrogen-bond acceptors (Lipinski definition) is 3. The number of aryl methyl sites for hydroxylation is 1. The molecule has 6 heteroatoms. The van der Waals surface area contributed by atoms with Crippen LogP contribution in [0.15, 0.2) is 30.3 Å². The van der Waals surface area contributed by atoms with Crippen molar-refractivity contribution in [2.24, 2.45) is 0 Å². The summed E-state index contributed by atoms with van der Waals surface area (Å²) < 4.78 is 15.3. The number of rotatable bonds is 2. The fraction of sp³-hybridized carbons (Fsp3) is 0.143. The van der Waals surface area contributed by atoms with E-state index in [2.05, 4.69) is 9.97 Å². The molecule has 0 saturated heterocycles. The van der Waals surface area contributed by atoms with Crippen LogP contribution in [0.3, 0.4) is 0 Å². The fourth-order valence-electron chi connectivity index (χ4n) is 2.15. The second-order valence-electron chi connectivity index (χ2n) is 4.58. The number of nitrogens with two attached hydrogens (primary N) is 1. The molecule has 0 radical (unpaired) electrons. The van der Waals surface area contributed by atoms with Crippen molar-refractivity contribution in [3.8, 4) is 0 Å². The molecule has 4 nitrogen and oxygen atoms in total. The highest BCUT2D eigenvalue weighted by Gasteiger charge is 2.12. The number of hydrogen-bond donors (Lipinski definition) is 1. The van der Waals surface area contributed by atoms with Crippen LogP contribution in [0.25, 0.3) is 11.0 Å². The van der Waals surface area contributed by atoms with E-state index in [0.29, 0.717) is 23.5 Å². The molecule has 0 aliphatic heterocycles. The molecule has 102 valence electrons. The highest BCUT2D eigenvalue weighted by molar-refractivity contribution is 6.31. The van der Waals surface area contributed by atoms with Crippen LogP contribution in [0, 0.1) is 12.7 Å². The van der Waals surface area contributed by atoms with E-state index in [4.69, 9.17) is 17.3 Å². The Bertz CT molecular complexity index is 797. The van der Waals surface area contributed by atoms with Crippen LogP contribution in [0.5, 0.6) is 0 Å². The normalized spacial score (nSPS) is 11.2. The molecule has 0 aliphatic rings. The molecule has 0 bridgehead atoms. The molecule has 0 unspecified atom stereocenters. The van der Waals surface area contributed by atoms with E-state index in [1.165, 1.54) is 12.1 Å². The Morgan fingerprint density at radius 3 is 2.85 bits per heavy atom. The highest BCUT2D eigenvalue weighted by Crippen LogP contribution is 2.25. The highest BCUT2D eigenvalue weighted by atomic mass is 35.5. The maximum absolute atomic E-state index is 13.6. The van der Waals surface area contributed by atoms with E-state index in [1.807, 2.05) is 25.1 Å². The number of nitrogen functional groups attached to an aromatic ring is 1. The average molecular weight is 291 g/mol. The summed E-state index contributed by atoms with van der Waals surface area (Å²) >= 11 is 5.75. The first-order chi connectivity index (χ1) is 9.54. The Kier molecular flexibility index (Phi) is 3.06. The lowest BCUT2D eigenvalue weighted by atomic mass is 10.3. The quantitative estimate of drug-likeness (QED) is 0.789. The van der Waals surface area contributed by atoms with Gasteiger partial charge in [0.1, 0.15) is 5.82 Å². The van der Waals surface area contributed by atoms with Crippen LogP contribution in [0.1, 0.15) is 11.4 Å². The molecule has 2 N–H and O–H groups in total. The van der Waals surface area contributed by atoms with Gasteiger partial charge >= 0.3 is 0 Å². The van der Waals surface area contributed by atoms with Gasteiger partial charge in [-0.2, -0.15) is 0 Å². The second-order valence-corrected chi connectivity index (χ2v) is 4.99. The molecule has 0 amide bonds. The van der Waals surface area contributed by atoms with Crippen LogP contribution in [0.2, 0.25) is 5.02 Å². The summed E-state index contributed by atoms with van der Waals surface area (Å²) in [6.45, 7) is 2.35. The largest absolute Gasteiger partial charge is 0.369 e. The molecule has 2 aromatic heterocycles. The van der Waals surface area contributed by atoms with Crippen molar-refractivity contribution in [2.45, 2.75) is 13.5 Å². The lowest BCUT2D eigenvalue weighted by molar-refractivity contribution is 0.629. The summed E-state index contributed by atoms with van der Waals surface area (Å²) in [5.74, 6) is -0.178. The van der Waals surface area contributed by atoms with Gasteiger partial charge in [0.05, 0.1) is 28.3 Å². The molecule has 1 aromatic carbocycles. The van der Waals surface area contributed by atoms with Crippen molar-refractivity contribution in [3.05, 3.63) is 52.6 Å². The minimum absolute atomic E-state index is 0.0378. The zero-order valence-electron chi connectivity index (χ0n) is 10.8. The van der Waals surface area contributed by atoms with Crippen LogP contribution >= 0.6 is 11.6 Å². The monoisotopic (exact) mass is 290 g/mol. The number of benzene rings is 1. The van der Waals surface area contributed by atoms with E-state index < -0.39 is 5.82 Å². The number of aromatic nitrogens is 3. The van der Waals surface area contributed by atoms with Crippen molar-refractivity contribution in [1.29, 1.82) is 0 Å². The first-order valence-corrected chi connectivity index (χ1v) is 6.45. The Labute approximate surface area is 120 Å². The second kappa shape index (κ2) is 4.76. The Balaban J connectivity index is 2.11. The van der Waals surface area contributed by atoms with Crippen LogP contribution in [-0.2, 0) is 6.54 Å². The van der Waals surface area contributed by atoms with Gasteiger partial charge in [0.25, 0.3) is 0 Å². The van der Waals surface area contributed by atoms with Crippen molar-refractivity contribution in [2.75, 3.05) is 5.73 Å². The van der Waals surface area contributed by atoms with Crippen molar-refractivity contribution < 1.29 is 4.39 Å². The summed E-state index contributed by atoms with van der Waals surface area (Å²) in [7, 11) is 0. The summed E-state index contributed by atoms with van der Waals surface area (Å²) in [5, 5.41) is 0.0378. The van der Waals surface area contributed by atoms with Gasteiger partial charge in [0, 0.05) is 11.8 Å². The number of anilines is 1. The predicted octanol–water partition coefficient (Wildman–Crippen LogP) is 3.16. The summed E-state index contributed by atoms with van der Waals surface area (Å²) in [6.07, 6.45) is 0. The van der Waals surface area contributed by atoms with Crippen molar-refractivity contribution >= 4 is 28.6 Å². The number of pyridine rings is 1. The zero-order valence-corrected chi connectivity index (χ0v) is 11.5. The first kappa shape index (κ1) is 12.9. The Morgan fingerprint density at radius 1 is 1.30 bits per heavy atom. The summed E-state index contributed by atoms with van der Waals surface area (Å²) in [4.78, 5) is 8.61. The average Bonchev–Trinajstić information content (AvgIpc) is 2.67. The SMILES string of the molecule is Cc1cccc(Cn2c(N)nc3cc(Cl)c(F)cc32)n1. The van der Waals surface area contributed by atoms with E-state index in [0.717, 1.165) is 11.4 Å². The molecule has 2 heterocycles. The standard InChI is InChI=1S/C14H12ClFN4/c1-8-3-2-4-9(18-8)7-20-13-6-11(16)10(15)5-12(13)19-14(20)17/h2-6H,7H2,1H3,(H2,17,19). The van der Waals surface area contributed by atoms with E-state index in [1.54, 1.807) is 4.57 Å². The predicted molar refractivity (Wildman–Crippen MR) is 77.2 cm³/mol. The van der Waals surface area contributed by atoms with Gasteiger partial charge in [0.15, 0.2) is 0 Å². The van der Waals surface area contributed by atoms with Gasteiger partial charge in [-0.3, -0.25) is 4.98 Å². The number of nitrogens with zero attached hydrogens (tertiary/aromatic N) is 3. The number of imidazole rings is 1. The van der Waals surface area contributed by atoms with Gasteiger partial charge in [-0.15, -0.1) is 0 Å². The van der Waals surface area contributed by atoms with Gasteiger partial charge in [0.2, 0.25) is 5.95 Å². The summed E-state index contributed by atoms with van der Waals surface area (Å²) in [5.41, 5.74) is 8.83. The third-order valence-corrected chi connectivity index (χ3v) is 3.38. The van der Waals surface area contributed by atoms with Crippen LogP contribution in [0.4, 0.5) is 10.3 Å². The first-order valence-electron chi connectivity index (χ1n) is 6.08. The molecular formula is C14H12ClFN4. The van der Waals surface area contributed by atoms with Gasteiger partial charge in [-0.25, -0.2) is 9.37 Å². The smallest absolute Gasteiger partial charge is 0.201 e. The number of fused-ring (bicyclic) bond motifs is 1. The molecule has 0 fully saturated rings. The van der Waals surface area contributed by atoms with E-state index in [-0.39, 0.29) is 5.02 Å².